The summed E-state index contributed by atoms with van der Waals surface area (Å²) in [6.07, 6.45) is 0. The number of benzene rings is 1. The van der Waals surface area contributed by atoms with E-state index in [2.05, 4.69) is 10.6 Å². The normalized spacial score (nSPS) is 10.7. The van der Waals surface area contributed by atoms with Crippen molar-refractivity contribution in [3.63, 3.8) is 0 Å². The minimum Gasteiger partial charge on any atom is -0.504 e. The van der Waals surface area contributed by atoms with Crippen LogP contribution in [0.1, 0.15) is 19.4 Å². The Hall–Kier alpha value is -1.46. The van der Waals surface area contributed by atoms with Gasteiger partial charge in [-0.3, -0.25) is 4.79 Å². The molecular formula is C14H21ClN2O3. The van der Waals surface area contributed by atoms with Crippen molar-refractivity contribution in [2.75, 3.05) is 20.2 Å². The van der Waals surface area contributed by atoms with Gasteiger partial charge in [0.25, 0.3) is 0 Å². The fourth-order valence-electron chi connectivity index (χ4n) is 1.61. The van der Waals surface area contributed by atoms with Gasteiger partial charge in [-0.15, -0.1) is 0 Å². The smallest absolute Gasteiger partial charge is 0.233 e. The minimum absolute atomic E-state index is 0.0342. The minimum atomic E-state index is -0.0767. The second-order valence-electron chi connectivity index (χ2n) is 4.92. The van der Waals surface area contributed by atoms with Gasteiger partial charge in [0.05, 0.1) is 13.7 Å². The zero-order valence-electron chi connectivity index (χ0n) is 12.0. The second-order valence-corrected chi connectivity index (χ2v) is 5.35. The maximum atomic E-state index is 11.5. The van der Waals surface area contributed by atoms with E-state index in [1.807, 2.05) is 13.8 Å². The van der Waals surface area contributed by atoms with Gasteiger partial charge in [0.15, 0.2) is 11.5 Å². The standard InChI is InChI=1S/C14H21ClN2O3/c1-9(2)6-17-13(18)8-16-7-10-4-11(15)5-12(20-3)14(10)19/h4-5,9,16,19H,6-8H2,1-3H3,(H,17,18). The third-order valence-electron chi connectivity index (χ3n) is 2.65. The Morgan fingerprint density at radius 1 is 1.45 bits per heavy atom. The molecule has 0 spiro atoms. The molecule has 3 N–H and O–H groups in total. The molecule has 0 aliphatic rings. The Morgan fingerprint density at radius 2 is 2.15 bits per heavy atom. The molecule has 0 saturated heterocycles. The van der Waals surface area contributed by atoms with Gasteiger partial charge in [-0.05, 0) is 12.0 Å². The Labute approximate surface area is 124 Å². The van der Waals surface area contributed by atoms with E-state index >= 15 is 0 Å². The van der Waals surface area contributed by atoms with E-state index in [9.17, 15) is 9.90 Å². The molecule has 112 valence electrons. The maximum absolute atomic E-state index is 11.5. The number of phenolic OH excluding ortho intramolecular Hbond substituents is 1. The first-order chi connectivity index (χ1) is 9.43. The number of halogens is 1. The average Bonchev–Trinajstić information content (AvgIpc) is 2.39. The highest BCUT2D eigenvalue weighted by Crippen LogP contribution is 2.33. The number of amides is 1. The van der Waals surface area contributed by atoms with Crippen molar-refractivity contribution in [1.29, 1.82) is 0 Å². The predicted molar refractivity (Wildman–Crippen MR) is 79.2 cm³/mol. The van der Waals surface area contributed by atoms with Crippen molar-refractivity contribution >= 4 is 17.5 Å². The molecule has 1 rings (SSSR count). The van der Waals surface area contributed by atoms with Crippen LogP contribution in [-0.2, 0) is 11.3 Å². The molecule has 0 unspecified atom stereocenters. The van der Waals surface area contributed by atoms with Crippen molar-refractivity contribution in [2.45, 2.75) is 20.4 Å². The van der Waals surface area contributed by atoms with Gasteiger partial charge in [0.2, 0.25) is 5.91 Å². The van der Waals surface area contributed by atoms with Crippen molar-refractivity contribution in [3.05, 3.63) is 22.7 Å². The molecule has 5 nitrogen and oxygen atoms in total. The van der Waals surface area contributed by atoms with Gasteiger partial charge in [0.1, 0.15) is 0 Å². The molecule has 0 radical (unpaired) electrons. The molecule has 1 aromatic carbocycles. The van der Waals surface area contributed by atoms with Crippen LogP contribution in [0.4, 0.5) is 0 Å². The largest absolute Gasteiger partial charge is 0.504 e. The number of aromatic hydroxyl groups is 1. The Bertz CT molecular complexity index is 464. The first-order valence-electron chi connectivity index (χ1n) is 6.46. The summed E-state index contributed by atoms with van der Waals surface area (Å²) in [7, 11) is 1.46. The van der Waals surface area contributed by atoms with E-state index in [0.717, 1.165) is 0 Å². The number of carbonyl (C=O) groups excluding carboxylic acids is 1. The fraction of sp³-hybridized carbons (Fsp3) is 0.500. The van der Waals surface area contributed by atoms with Gasteiger partial charge in [-0.25, -0.2) is 0 Å². The molecule has 0 saturated carbocycles. The highest BCUT2D eigenvalue weighted by atomic mass is 35.5. The Kier molecular flexibility index (Phi) is 6.61. The third-order valence-corrected chi connectivity index (χ3v) is 2.87. The number of hydrogen-bond acceptors (Lipinski definition) is 4. The molecule has 6 heteroatoms. The first-order valence-corrected chi connectivity index (χ1v) is 6.84. The number of nitrogens with one attached hydrogen (secondary N) is 2. The molecule has 0 aliphatic heterocycles. The molecule has 0 bridgehead atoms. The summed E-state index contributed by atoms with van der Waals surface area (Å²) < 4.78 is 5.02. The summed E-state index contributed by atoms with van der Waals surface area (Å²) in [6, 6.07) is 3.17. The molecule has 1 amide bonds. The van der Waals surface area contributed by atoms with Crippen molar-refractivity contribution in [1.82, 2.24) is 10.6 Å². The summed E-state index contributed by atoms with van der Waals surface area (Å²) in [4.78, 5) is 11.5. The average molecular weight is 301 g/mol. The van der Waals surface area contributed by atoms with Gasteiger partial charge in [-0.1, -0.05) is 25.4 Å². The molecule has 0 heterocycles. The Balaban J connectivity index is 2.50. The van der Waals surface area contributed by atoms with Gasteiger partial charge >= 0.3 is 0 Å². The van der Waals surface area contributed by atoms with E-state index in [1.165, 1.54) is 13.2 Å². The van der Waals surface area contributed by atoms with E-state index in [0.29, 0.717) is 35.3 Å². The highest BCUT2D eigenvalue weighted by molar-refractivity contribution is 6.30. The van der Waals surface area contributed by atoms with E-state index < -0.39 is 0 Å². The molecular weight excluding hydrogens is 280 g/mol. The fourth-order valence-corrected chi connectivity index (χ4v) is 1.84. The summed E-state index contributed by atoms with van der Waals surface area (Å²) in [5.74, 6) is 0.693. The molecule has 0 atom stereocenters. The SMILES string of the molecule is COc1cc(Cl)cc(CNCC(=O)NCC(C)C)c1O. The second kappa shape index (κ2) is 7.97. The zero-order valence-corrected chi connectivity index (χ0v) is 12.8. The highest BCUT2D eigenvalue weighted by Gasteiger charge is 2.10. The van der Waals surface area contributed by atoms with E-state index in [1.54, 1.807) is 6.07 Å². The van der Waals surface area contributed by atoms with Crippen LogP contribution < -0.4 is 15.4 Å². The third kappa shape index (κ3) is 5.27. The zero-order chi connectivity index (χ0) is 15.1. The molecule has 0 aliphatic carbocycles. The summed E-state index contributed by atoms with van der Waals surface area (Å²) in [5, 5.41) is 16.2. The lowest BCUT2D eigenvalue weighted by Crippen LogP contribution is -2.35. The summed E-state index contributed by atoms with van der Waals surface area (Å²) in [6.45, 7) is 5.23. The van der Waals surface area contributed by atoms with E-state index in [4.69, 9.17) is 16.3 Å². The first kappa shape index (κ1) is 16.6. The number of phenols is 1. The summed E-state index contributed by atoms with van der Waals surface area (Å²) in [5.41, 5.74) is 0.589. The van der Waals surface area contributed by atoms with Crippen LogP contribution >= 0.6 is 11.6 Å². The van der Waals surface area contributed by atoms with Crippen LogP contribution in [0.3, 0.4) is 0 Å². The number of ether oxygens (including phenoxy) is 1. The lowest BCUT2D eigenvalue weighted by atomic mass is 10.2. The monoisotopic (exact) mass is 300 g/mol. The van der Waals surface area contributed by atoms with E-state index in [-0.39, 0.29) is 18.2 Å². The van der Waals surface area contributed by atoms with Gasteiger partial charge < -0.3 is 20.5 Å². The van der Waals surface area contributed by atoms with Crippen LogP contribution in [0.15, 0.2) is 12.1 Å². The molecule has 20 heavy (non-hydrogen) atoms. The number of methoxy groups -OCH3 is 1. The summed E-state index contributed by atoms with van der Waals surface area (Å²) >= 11 is 5.93. The number of hydrogen-bond donors (Lipinski definition) is 3. The van der Waals surface area contributed by atoms with Crippen molar-refractivity contribution in [3.8, 4) is 11.5 Å². The number of carbonyl (C=O) groups is 1. The van der Waals surface area contributed by atoms with Crippen LogP contribution in [0, 0.1) is 5.92 Å². The molecule has 1 aromatic rings. The van der Waals surface area contributed by atoms with Crippen molar-refractivity contribution in [2.24, 2.45) is 5.92 Å². The number of rotatable bonds is 7. The van der Waals surface area contributed by atoms with Crippen LogP contribution in [-0.4, -0.2) is 31.2 Å². The van der Waals surface area contributed by atoms with Crippen LogP contribution in [0.5, 0.6) is 11.5 Å². The predicted octanol–water partition coefficient (Wildman–Crippen LogP) is 1.92. The van der Waals surface area contributed by atoms with Gasteiger partial charge in [-0.2, -0.15) is 0 Å². The maximum Gasteiger partial charge on any atom is 0.233 e. The Morgan fingerprint density at radius 3 is 2.75 bits per heavy atom. The van der Waals surface area contributed by atoms with Crippen molar-refractivity contribution < 1.29 is 14.6 Å². The molecule has 0 aromatic heterocycles. The lowest BCUT2D eigenvalue weighted by molar-refractivity contribution is -0.120. The van der Waals surface area contributed by atoms with Gasteiger partial charge in [0, 0.05) is 29.7 Å². The quantitative estimate of drug-likeness (QED) is 0.719. The molecule has 0 fully saturated rings. The topological polar surface area (TPSA) is 70.6 Å². The lowest BCUT2D eigenvalue weighted by Gasteiger charge is -2.11. The van der Waals surface area contributed by atoms with Crippen LogP contribution in [0.2, 0.25) is 5.02 Å². The van der Waals surface area contributed by atoms with Crippen LogP contribution in [0.25, 0.3) is 0 Å².